The molecule has 224 valence electrons. The largest absolute Gasteiger partial charge is 0.496 e. The minimum Gasteiger partial charge on any atom is -0.496 e. The summed E-state index contributed by atoms with van der Waals surface area (Å²) in [5.41, 5.74) is 4.61. The first-order valence-corrected chi connectivity index (χ1v) is 15.8. The number of methoxy groups -OCH3 is 1. The van der Waals surface area contributed by atoms with Gasteiger partial charge in [0.05, 0.1) is 13.2 Å². The van der Waals surface area contributed by atoms with Crippen LogP contribution in [-0.4, -0.2) is 40.7 Å². The van der Waals surface area contributed by atoms with Gasteiger partial charge in [0.25, 0.3) is 0 Å². The molecular formula is C35H45N3O4. The van der Waals surface area contributed by atoms with E-state index in [9.17, 15) is 9.90 Å². The Hall–Kier alpha value is -3.19. The van der Waals surface area contributed by atoms with Crippen LogP contribution in [0, 0.1) is 18.3 Å². The molecule has 4 aliphatic carbocycles. The summed E-state index contributed by atoms with van der Waals surface area (Å²) in [4.78, 5) is 25.7. The highest BCUT2D eigenvalue weighted by molar-refractivity contribution is 5.94. The molecule has 7 rings (SSSR count). The fraction of sp³-hybridized carbons (Fsp3) is 0.571. The van der Waals surface area contributed by atoms with E-state index in [1.165, 1.54) is 11.1 Å². The molecule has 0 aliphatic heterocycles. The molecule has 2 heterocycles. The van der Waals surface area contributed by atoms with Gasteiger partial charge in [-0.05, 0) is 111 Å². The van der Waals surface area contributed by atoms with E-state index in [-0.39, 0.29) is 34.7 Å². The zero-order valence-electron chi connectivity index (χ0n) is 25.6. The minimum absolute atomic E-state index is 0.0802. The molecule has 4 aliphatic rings. The fourth-order valence-corrected chi connectivity index (χ4v) is 7.70. The van der Waals surface area contributed by atoms with Crippen LogP contribution < -0.4 is 9.64 Å². The van der Waals surface area contributed by atoms with Gasteiger partial charge in [0.15, 0.2) is 5.89 Å². The Bertz CT molecular complexity index is 1400. The molecule has 2 aromatic heterocycles. The van der Waals surface area contributed by atoms with E-state index in [1.807, 2.05) is 17.0 Å². The number of ether oxygens (including phenoxy) is 1. The smallest absolute Gasteiger partial charge is 0.231 e. The highest BCUT2D eigenvalue weighted by Gasteiger charge is 2.50. The van der Waals surface area contributed by atoms with E-state index in [0.29, 0.717) is 31.1 Å². The maximum absolute atomic E-state index is 14.2. The Balaban J connectivity index is 1.27. The lowest BCUT2D eigenvalue weighted by Gasteiger charge is -2.55. The predicted molar refractivity (Wildman–Crippen MR) is 164 cm³/mol. The van der Waals surface area contributed by atoms with Crippen LogP contribution >= 0.6 is 0 Å². The maximum Gasteiger partial charge on any atom is 0.231 e. The van der Waals surface area contributed by atoms with E-state index in [2.05, 4.69) is 39.0 Å². The first kappa shape index (κ1) is 28.9. The van der Waals surface area contributed by atoms with Gasteiger partial charge < -0.3 is 14.3 Å². The number of aliphatic hydroxyl groups is 1. The SMILES string of the molecule is COc1ccc(C23CCC(CN(C(=O)C4CCC(O)CC4)c4cc(-c5coc(C(C)C)n5)ccn4)(CC2)CC3)cc1C. The third kappa shape index (κ3) is 5.48. The number of hydrogen-bond donors (Lipinski definition) is 1. The number of aliphatic hydroxyl groups excluding tert-OH is 1. The number of nitrogens with zero attached hydrogens (tertiary/aromatic N) is 3. The van der Waals surface area contributed by atoms with Crippen molar-refractivity contribution < 1.29 is 19.1 Å². The molecule has 0 unspecified atom stereocenters. The summed E-state index contributed by atoms with van der Waals surface area (Å²) in [7, 11) is 1.73. The van der Waals surface area contributed by atoms with Crippen molar-refractivity contribution in [2.45, 2.75) is 102 Å². The highest BCUT2D eigenvalue weighted by atomic mass is 16.5. The number of fused-ring (bicyclic) bond motifs is 3. The molecule has 1 aromatic carbocycles. The average Bonchev–Trinajstić information content (AvgIpc) is 3.52. The quantitative estimate of drug-likeness (QED) is 0.304. The Morgan fingerprint density at radius 2 is 1.79 bits per heavy atom. The molecule has 0 atom stereocenters. The molecule has 7 nitrogen and oxygen atoms in total. The minimum atomic E-state index is -0.295. The number of pyridine rings is 1. The van der Waals surface area contributed by atoms with Crippen molar-refractivity contribution in [3.63, 3.8) is 0 Å². The normalized spacial score (nSPS) is 27.3. The molecule has 3 aromatic rings. The molecule has 4 saturated carbocycles. The van der Waals surface area contributed by atoms with Crippen LogP contribution in [0.15, 0.2) is 47.2 Å². The van der Waals surface area contributed by atoms with Gasteiger partial charge in [-0.3, -0.25) is 9.69 Å². The van der Waals surface area contributed by atoms with Gasteiger partial charge in [0.1, 0.15) is 23.5 Å². The first-order valence-electron chi connectivity index (χ1n) is 15.8. The second-order valence-corrected chi connectivity index (χ2v) is 13.5. The lowest BCUT2D eigenvalue weighted by atomic mass is 9.51. The Morgan fingerprint density at radius 1 is 1.07 bits per heavy atom. The third-order valence-corrected chi connectivity index (χ3v) is 10.5. The molecule has 1 N–H and O–H groups in total. The summed E-state index contributed by atoms with van der Waals surface area (Å²) in [6, 6.07) is 10.7. The first-order chi connectivity index (χ1) is 20.2. The number of carbonyl (C=O) groups excluding carboxylic acids is 1. The lowest BCUT2D eigenvalue weighted by Crippen LogP contribution is -2.52. The molecule has 0 spiro atoms. The Kier molecular flexibility index (Phi) is 7.90. The van der Waals surface area contributed by atoms with Gasteiger partial charge in [0, 0.05) is 30.1 Å². The molecule has 42 heavy (non-hydrogen) atoms. The van der Waals surface area contributed by atoms with Crippen LogP contribution in [-0.2, 0) is 10.2 Å². The fourth-order valence-electron chi connectivity index (χ4n) is 7.70. The Morgan fingerprint density at radius 3 is 2.40 bits per heavy atom. The summed E-state index contributed by atoms with van der Waals surface area (Å²) in [5, 5.41) is 10.1. The van der Waals surface area contributed by atoms with Crippen molar-refractivity contribution in [3.05, 3.63) is 59.8 Å². The van der Waals surface area contributed by atoms with Crippen LogP contribution in [0.2, 0.25) is 0 Å². The van der Waals surface area contributed by atoms with E-state index >= 15 is 0 Å². The second-order valence-electron chi connectivity index (χ2n) is 13.5. The highest BCUT2D eigenvalue weighted by Crippen LogP contribution is 2.58. The predicted octanol–water partition coefficient (Wildman–Crippen LogP) is 7.35. The van der Waals surface area contributed by atoms with Crippen LogP contribution in [0.5, 0.6) is 5.75 Å². The lowest BCUT2D eigenvalue weighted by molar-refractivity contribution is -0.124. The number of aryl methyl sites for hydroxylation is 1. The van der Waals surface area contributed by atoms with Gasteiger partial charge in [-0.15, -0.1) is 0 Å². The van der Waals surface area contributed by atoms with Gasteiger partial charge in [0.2, 0.25) is 5.91 Å². The van der Waals surface area contributed by atoms with E-state index in [0.717, 1.165) is 68.4 Å². The van der Waals surface area contributed by atoms with Gasteiger partial charge in [-0.25, -0.2) is 9.97 Å². The number of aromatic nitrogens is 2. The average molecular weight is 572 g/mol. The zero-order valence-corrected chi connectivity index (χ0v) is 25.6. The molecule has 0 radical (unpaired) electrons. The summed E-state index contributed by atoms with van der Waals surface area (Å²) in [6.07, 6.45) is 12.7. The summed E-state index contributed by atoms with van der Waals surface area (Å²) >= 11 is 0. The second kappa shape index (κ2) is 11.5. The molecule has 2 bridgehead atoms. The number of amides is 1. The van der Waals surface area contributed by atoms with Crippen LogP contribution in [0.25, 0.3) is 11.3 Å². The van der Waals surface area contributed by atoms with Crippen LogP contribution in [0.3, 0.4) is 0 Å². The van der Waals surface area contributed by atoms with Crippen molar-refractivity contribution in [1.82, 2.24) is 9.97 Å². The van der Waals surface area contributed by atoms with Crippen LogP contribution in [0.4, 0.5) is 5.82 Å². The third-order valence-electron chi connectivity index (χ3n) is 10.5. The number of oxazole rings is 1. The van der Waals surface area contributed by atoms with Gasteiger partial charge >= 0.3 is 0 Å². The van der Waals surface area contributed by atoms with Crippen molar-refractivity contribution in [2.75, 3.05) is 18.6 Å². The number of anilines is 1. The standard InChI is InChI=1S/C35H45N3O4/c1-23(2)32-37-29(21-42-32)26-11-18-36-31(20-26)38(33(40)25-5-8-28(39)9-6-25)22-34-12-15-35(16-13-34,17-14-34)27-7-10-30(41-4)24(3)19-27/h7,10-11,18-21,23,25,28,39H,5-6,8-9,12-17,22H2,1-4H3. The molecule has 0 saturated heterocycles. The molecule has 4 fully saturated rings. The topological polar surface area (TPSA) is 88.7 Å². The van der Waals surface area contributed by atoms with E-state index < -0.39 is 0 Å². The molecule has 7 heteroatoms. The number of benzene rings is 1. The summed E-state index contributed by atoms with van der Waals surface area (Å²) < 4.78 is 11.2. The number of carbonyl (C=O) groups is 1. The summed E-state index contributed by atoms with van der Waals surface area (Å²) in [5.74, 6) is 2.61. The number of rotatable bonds is 8. The van der Waals surface area contributed by atoms with E-state index in [4.69, 9.17) is 19.1 Å². The monoisotopic (exact) mass is 571 g/mol. The van der Waals surface area contributed by atoms with E-state index in [1.54, 1.807) is 19.6 Å². The van der Waals surface area contributed by atoms with Crippen molar-refractivity contribution in [3.8, 4) is 17.0 Å². The van der Waals surface area contributed by atoms with Crippen molar-refractivity contribution in [1.29, 1.82) is 0 Å². The Labute approximate surface area is 249 Å². The van der Waals surface area contributed by atoms with Crippen molar-refractivity contribution in [2.24, 2.45) is 11.3 Å². The molecule has 1 amide bonds. The van der Waals surface area contributed by atoms with Gasteiger partial charge in [-0.1, -0.05) is 26.0 Å². The van der Waals surface area contributed by atoms with Crippen molar-refractivity contribution >= 4 is 11.7 Å². The number of hydrogen-bond acceptors (Lipinski definition) is 6. The van der Waals surface area contributed by atoms with Gasteiger partial charge in [-0.2, -0.15) is 0 Å². The maximum atomic E-state index is 14.2. The summed E-state index contributed by atoms with van der Waals surface area (Å²) in [6.45, 7) is 6.95. The van der Waals surface area contributed by atoms with Crippen LogP contribution in [0.1, 0.15) is 101 Å². The zero-order chi connectivity index (χ0) is 29.5. The molecular weight excluding hydrogens is 526 g/mol.